The summed E-state index contributed by atoms with van der Waals surface area (Å²) in [5.41, 5.74) is 1.54. The van der Waals surface area contributed by atoms with E-state index in [2.05, 4.69) is 10.6 Å². The van der Waals surface area contributed by atoms with Gasteiger partial charge in [-0.25, -0.2) is 4.79 Å². The number of nitrogens with one attached hydrogen (secondary N) is 2. The number of carboxylic acid groups (broad SMARTS) is 1. The number of unbranched alkanes of at least 4 members (excludes halogenated alkanes) is 1. The largest absolute Gasteiger partial charge is 0.480 e. The van der Waals surface area contributed by atoms with E-state index in [1.807, 2.05) is 26.1 Å². The Bertz CT molecular complexity index is 443. The molecule has 0 spiro atoms. The Labute approximate surface area is 119 Å². The fourth-order valence-electron chi connectivity index (χ4n) is 1.85. The van der Waals surface area contributed by atoms with Crippen molar-refractivity contribution in [3.63, 3.8) is 0 Å². The summed E-state index contributed by atoms with van der Waals surface area (Å²) in [6.07, 6.45) is 2.08. The lowest BCUT2D eigenvalue weighted by molar-refractivity contribution is -0.139. The van der Waals surface area contributed by atoms with Crippen LogP contribution in [-0.2, 0) is 4.79 Å². The number of hydrogen-bond donors (Lipinski definition) is 3. The van der Waals surface area contributed by atoms with Crippen molar-refractivity contribution in [2.45, 2.75) is 32.2 Å². The molecule has 5 heteroatoms. The summed E-state index contributed by atoms with van der Waals surface area (Å²) in [7, 11) is 1.86. The summed E-state index contributed by atoms with van der Waals surface area (Å²) in [5.74, 6) is -1.33. The molecule has 1 aromatic carbocycles. The molecule has 1 aromatic rings. The van der Waals surface area contributed by atoms with Gasteiger partial charge in [0.1, 0.15) is 6.04 Å². The Morgan fingerprint density at radius 2 is 1.85 bits per heavy atom. The van der Waals surface area contributed by atoms with E-state index in [-0.39, 0.29) is 5.91 Å². The lowest BCUT2D eigenvalue weighted by atomic mass is 10.1. The van der Waals surface area contributed by atoms with Gasteiger partial charge < -0.3 is 15.7 Å². The fraction of sp³-hybridized carbons (Fsp3) is 0.467. The van der Waals surface area contributed by atoms with E-state index in [1.165, 1.54) is 0 Å². The molecule has 20 heavy (non-hydrogen) atoms. The van der Waals surface area contributed by atoms with Crippen LogP contribution in [0.1, 0.15) is 35.2 Å². The van der Waals surface area contributed by atoms with E-state index < -0.39 is 12.0 Å². The lowest BCUT2D eigenvalue weighted by Gasteiger charge is -2.14. The molecule has 0 fully saturated rings. The normalized spacial score (nSPS) is 11.9. The third-order valence-corrected chi connectivity index (χ3v) is 3.09. The van der Waals surface area contributed by atoms with E-state index in [4.69, 9.17) is 5.11 Å². The molecule has 1 rings (SSSR count). The zero-order valence-electron chi connectivity index (χ0n) is 12.0. The summed E-state index contributed by atoms with van der Waals surface area (Å²) < 4.78 is 0. The van der Waals surface area contributed by atoms with Crippen LogP contribution in [0.25, 0.3) is 0 Å². The first-order valence-corrected chi connectivity index (χ1v) is 6.79. The minimum absolute atomic E-state index is 0.342. The number of amides is 1. The molecule has 1 amide bonds. The molecule has 0 aliphatic rings. The monoisotopic (exact) mass is 278 g/mol. The predicted octanol–water partition coefficient (Wildman–Crippen LogP) is 1.57. The van der Waals surface area contributed by atoms with Gasteiger partial charge in [-0.1, -0.05) is 17.7 Å². The second-order valence-corrected chi connectivity index (χ2v) is 4.83. The van der Waals surface area contributed by atoms with Crippen LogP contribution in [0.4, 0.5) is 0 Å². The summed E-state index contributed by atoms with van der Waals surface area (Å²) >= 11 is 0. The van der Waals surface area contributed by atoms with Gasteiger partial charge >= 0.3 is 5.97 Å². The third kappa shape index (κ3) is 5.40. The number of benzene rings is 1. The van der Waals surface area contributed by atoms with Gasteiger partial charge in [0.2, 0.25) is 0 Å². The highest BCUT2D eigenvalue weighted by molar-refractivity contribution is 5.96. The second-order valence-electron chi connectivity index (χ2n) is 4.83. The Morgan fingerprint density at radius 1 is 1.20 bits per heavy atom. The van der Waals surface area contributed by atoms with Crippen molar-refractivity contribution in [2.75, 3.05) is 13.6 Å². The Kier molecular flexibility index (Phi) is 6.73. The first kappa shape index (κ1) is 16.2. The maximum absolute atomic E-state index is 12.0. The topological polar surface area (TPSA) is 78.4 Å². The van der Waals surface area contributed by atoms with Gasteiger partial charge in [-0.2, -0.15) is 0 Å². The van der Waals surface area contributed by atoms with Crippen LogP contribution in [0.15, 0.2) is 24.3 Å². The molecule has 1 unspecified atom stereocenters. The summed E-state index contributed by atoms with van der Waals surface area (Å²) in [5, 5.41) is 14.7. The van der Waals surface area contributed by atoms with Crippen molar-refractivity contribution < 1.29 is 14.7 Å². The van der Waals surface area contributed by atoms with Crippen molar-refractivity contribution in [2.24, 2.45) is 0 Å². The molecule has 0 aliphatic heterocycles. The van der Waals surface area contributed by atoms with Gasteiger partial charge in [0.25, 0.3) is 5.91 Å². The van der Waals surface area contributed by atoms with Gasteiger partial charge in [0.15, 0.2) is 0 Å². The van der Waals surface area contributed by atoms with Gasteiger partial charge in [-0.3, -0.25) is 4.79 Å². The number of carbonyl (C=O) groups excluding carboxylic acids is 1. The molecule has 0 radical (unpaired) electrons. The molecule has 3 N–H and O–H groups in total. The fourth-order valence-corrected chi connectivity index (χ4v) is 1.85. The van der Waals surface area contributed by atoms with Crippen LogP contribution in [0.3, 0.4) is 0 Å². The number of aryl methyl sites for hydroxylation is 1. The van der Waals surface area contributed by atoms with Gasteiger partial charge in [-0.15, -0.1) is 0 Å². The Hall–Kier alpha value is -1.88. The zero-order chi connectivity index (χ0) is 15.0. The molecular formula is C15H22N2O3. The van der Waals surface area contributed by atoms with E-state index >= 15 is 0 Å². The van der Waals surface area contributed by atoms with Crippen molar-refractivity contribution in [3.8, 4) is 0 Å². The minimum atomic E-state index is -0.991. The highest BCUT2D eigenvalue weighted by Gasteiger charge is 2.19. The maximum atomic E-state index is 12.0. The molecule has 0 heterocycles. The number of hydrogen-bond acceptors (Lipinski definition) is 3. The highest BCUT2D eigenvalue weighted by Crippen LogP contribution is 2.06. The number of carboxylic acids is 1. The van der Waals surface area contributed by atoms with Crippen molar-refractivity contribution in [3.05, 3.63) is 35.4 Å². The summed E-state index contributed by atoms with van der Waals surface area (Å²) in [6.45, 7) is 2.78. The van der Waals surface area contributed by atoms with Gasteiger partial charge in [0, 0.05) is 5.56 Å². The zero-order valence-corrected chi connectivity index (χ0v) is 12.0. The summed E-state index contributed by atoms with van der Waals surface area (Å²) in [4.78, 5) is 23.1. The maximum Gasteiger partial charge on any atom is 0.326 e. The van der Waals surface area contributed by atoms with Crippen LogP contribution in [0.2, 0.25) is 0 Å². The number of carbonyl (C=O) groups is 2. The molecule has 0 saturated carbocycles. The molecule has 5 nitrogen and oxygen atoms in total. The van der Waals surface area contributed by atoms with Crippen molar-refractivity contribution in [1.29, 1.82) is 0 Å². The molecule has 110 valence electrons. The number of rotatable bonds is 8. The summed E-state index contributed by atoms with van der Waals surface area (Å²) in [6, 6.07) is 6.23. The second kappa shape index (κ2) is 8.32. The van der Waals surface area contributed by atoms with Crippen molar-refractivity contribution in [1.82, 2.24) is 10.6 Å². The Balaban J connectivity index is 2.54. The third-order valence-electron chi connectivity index (χ3n) is 3.09. The number of aliphatic carboxylic acids is 1. The highest BCUT2D eigenvalue weighted by atomic mass is 16.4. The predicted molar refractivity (Wildman–Crippen MR) is 77.8 cm³/mol. The molecule has 0 bridgehead atoms. The van der Waals surface area contributed by atoms with Crippen LogP contribution in [0, 0.1) is 6.92 Å². The Morgan fingerprint density at radius 3 is 2.40 bits per heavy atom. The van der Waals surface area contributed by atoms with E-state index in [9.17, 15) is 9.59 Å². The SMILES string of the molecule is CNCCCCC(NC(=O)c1ccc(C)cc1)C(=O)O. The first-order valence-electron chi connectivity index (χ1n) is 6.79. The smallest absolute Gasteiger partial charge is 0.326 e. The average Bonchev–Trinajstić information content (AvgIpc) is 2.42. The van der Waals surface area contributed by atoms with E-state index in [0.717, 1.165) is 24.9 Å². The van der Waals surface area contributed by atoms with E-state index in [0.29, 0.717) is 12.0 Å². The van der Waals surface area contributed by atoms with Crippen LogP contribution < -0.4 is 10.6 Å². The minimum Gasteiger partial charge on any atom is -0.480 e. The molecule has 0 aromatic heterocycles. The molecule has 0 saturated heterocycles. The van der Waals surface area contributed by atoms with E-state index in [1.54, 1.807) is 12.1 Å². The quantitative estimate of drug-likeness (QED) is 0.631. The van der Waals surface area contributed by atoms with Crippen LogP contribution >= 0.6 is 0 Å². The van der Waals surface area contributed by atoms with Crippen LogP contribution in [0.5, 0.6) is 0 Å². The van der Waals surface area contributed by atoms with Gasteiger partial charge in [-0.05, 0) is 51.9 Å². The average molecular weight is 278 g/mol. The molecular weight excluding hydrogens is 256 g/mol. The standard InChI is InChI=1S/C15H22N2O3/c1-11-6-8-12(9-7-11)14(18)17-13(15(19)20)5-3-4-10-16-2/h6-9,13,16H,3-5,10H2,1-2H3,(H,17,18)(H,19,20). The van der Waals surface area contributed by atoms with Gasteiger partial charge in [0.05, 0.1) is 0 Å². The van der Waals surface area contributed by atoms with Crippen molar-refractivity contribution >= 4 is 11.9 Å². The molecule has 0 aliphatic carbocycles. The first-order chi connectivity index (χ1) is 9.54. The lowest BCUT2D eigenvalue weighted by Crippen LogP contribution is -2.40. The molecule has 1 atom stereocenters. The van der Waals surface area contributed by atoms with Crippen LogP contribution in [-0.4, -0.2) is 36.6 Å².